The van der Waals surface area contributed by atoms with Crippen LogP contribution in [0.4, 0.5) is 0 Å². The highest BCUT2D eigenvalue weighted by molar-refractivity contribution is 5.71. The zero-order valence-electron chi connectivity index (χ0n) is 9.70. The average molecular weight is 223 g/mol. The summed E-state index contributed by atoms with van der Waals surface area (Å²) >= 11 is 0. The van der Waals surface area contributed by atoms with E-state index in [0.29, 0.717) is 30.5 Å². The summed E-state index contributed by atoms with van der Waals surface area (Å²) in [5, 5.41) is 0. The molecule has 1 aromatic carbocycles. The van der Waals surface area contributed by atoms with Crippen molar-refractivity contribution in [1.29, 1.82) is 0 Å². The van der Waals surface area contributed by atoms with Gasteiger partial charge in [-0.15, -0.1) is 0 Å². The lowest BCUT2D eigenvalue weighted by atomic mass is 10.3. The van der Waals surface area contributed by atoms with Crippen molar-refractivity contribution in [2.45, 2.75) is 20.8 Å². The summed E-state index contributed by atoms with van der Waals surface area (Å²) in [5.74, 6) is 0.844. The van der Waals surface area contributed by atoms with E-state index >= 15 is 0 Å². The lowest BCUT2D eigenvalue weighted by Crippen LogP contribution is -2.05. The number of benzene rings is 1. The summed E-state index contributed by atoms with van der Waals surface area (Å²) in [6.45, 7) is 6.02. The van der Waals surface area contributed by atoms with Crippen LogP contribution in [0.25, 0.3) is 0 Å². The molecule has 1 aromatic rings. The Morgan fingerprint density at radius 2 is 2.00 bits per heavy atom. The molecule has 0 aliphatic carbocycles. The molecule has 0 aliphatic rings. The Balaban J connectivity index is 3.04. The molecule has 0 spiro atoms. The van der Waals surface area contributed by atoms with Gasteiger partial charge in [0.1, 0.15) is 0 Å². The Bertz CT molecular complexity index is 360. The molecule has 0 saturated heterocycles. The Hall–Kier alpha value is -1.71. The van der Waals surface area contributed by atoms with E-state index in [-0.39, 0.29) is 0 Å². The van der Waals surface area contributed by atoms with Crippen molar-refractivity contribution in [2.75, 3.05) is 13.2 Å². The Morgan fingerprint density at radius 1 is 1.31 bits per heavy atom. The third-order valence-corrected chi connectivity index (χ3v) is 1.71. The second kappa shape index (κ2) is 6.00. The minimum absolute atomic E-state index is 0.358. The van der Waals surface area contributed by atoms with Gasteiger partial charge >= 0.3 is 5.97 Å². The summed E-state index contributed by atoms with van der Waals surface area (Å²) in [6.07, 6.45) is 0. The summed E-state index contributed by atoms with van der Waals surface area (Å²) < 4.78 is 15.7. The molecule has 0 aromatic heterocycles. The Morgan fingerprint density at radius 3 is 2.56 bits per heavy atom. The first-order valence-corrected chi connectivity index (χ1v) is 5.17. The fourth-order valence-electron chi connectivity index (χ4n) is 1.21. The smallest absolute Gasteiger partial charge is 0.308 e. The topological polar surface area (TPSA) is 44.8 Å². The van der Waals surface area contributed by atoms with Crippen LogP contribution in [0.15, 0.2) is 12.1 Å². The number of hydrogen-bond acceptors (Lipinski definition) is 4. The third-order valence-electron chi connectivity index (χ3n) is 1.71. The van der Waals surface area contributed by atoms with Crippen molar-refractivity contribution >= 4 is 5.97 Å². The molecule has 0 bridgehead atoms. The summed E-state index contributed by atoms with van der Waals surface area (Å²) in [6, 6.07) is 6.15. The molecule has 0 N–H and O–H groups in total. The summed E-state index contributed by atoms with van der Waals surface area (Å²) in [5.41, 5.74) is 0. The minimum Gasteiger partial charge on any atom is -0.489 e. The lowest BCUT2D eigenvalue weighted by Gasteiger charge is -2.13. The molecule has 0 atom stereocenters. The molecular weight excluding hydrogens is 208 g/mol. The van der Waals surface area contributed by atoms with E-state index in [1.54, 1.807) is 12.1 Å². The van der Waals surface area contributed by atoms with Gasteiger partial charge in [0.2, 0.25) is 5.75 Å². The van der Waals surface area contributed by atoms with E-state index in [0.717, 1.165) is 0 Å². The van der Waals surface area contributed by atoms with Crippen LogP contribution in [0.1, 0.15) is 20.8 Å². The molecule has 0 amide bonds. The normalized spacial score (nSPS) is 9.69. The van der Waals surface area contributed by atoms with Gasteiger partial charge in [0.15, 0.2) is 11.5 Å². The maximum atomic E-state index is 10.9. The Labute approximate surface area is 95.1 Å². The molecule has 0 fully saturated rings. The van der Waals surface area contributed by atoms with Crippen molar-refractivity contribution in [2.24, 2.45) is 0 Å². The molecule has 87 valence electrons. The van der Waals surface area contributed by atoms with Crippen LogP contribution in [0.3, 0.4) is 0 Å². The zero-order chi connectivity index (χ0) is 12.0. The molecule has 0 heterocycles. The molecule has 4 nitrogen and oxygen atoms in total. The SMILES string of the molecule is CCOc1[c]ccc(OC(C)=O)c1OCC. The third kappa shape index (κ3) is 3.15. The van der Waals surface area contributed by atoms with Gasteiger partial charge < -0.3 is 14.2 Å². The van der Waals surface area contributed by atoms with Gasteiger partial charge in [0, 0.05) is 13.0 Å². The van der Waals surface area contributed by atoms with E-state index < -0.39 is 5.97 Å². The first-order chi connectivity index (χ1) is 7.69. The quantitative estimate of drug-likeness (QED) is 0.567. The fraction of sp³-hybridized carbons (Fsp3) is 0.417. The molecule has 1 radical (unpaired) electrons. The van der Waals surface area contributed by atoms with Crippen LogP contribution < -0.4 is 14.2 Å². The first kappa shape index (κ1) is 12.4. The van der Waals surface area contributed by atoms with Crippen molar-refractivity contribution < 1.29 is 19.0 Å². The predicted octanol–water partition coefficient (Wildman–Crippen LogP) is 2.21. The molecule has 4 heteroatoms. The number of hydrogen-bond donors (Lipinski definition) is 0. The van der Waals surface area contributed by atoms with Crippen LogP contribution in [-0.4, -0.2) is 19.2 Å². The zero-order valence-corrected chi connectivity index (χ0v) is 9.70. The molecule has 1 rings (SSSR count). The van der Waals surface area contributed by atoms with Gasteiger partial charge in [-0.2, -0.15) is 0 Å². The maximum Gasteiger partial charge on any atom is 0.308 e. The number of esters is 1. The van der Waals surface area contributed by atoms with Gasteiger partial charge in [-0.1, -0.05) is 0 Å². The molecule has 16 heavy (non-hydrogen) atoms. The monoisotopic (exact) mass is 223 g/mol. The highest BCUT2D eigenvalue weighted by atomic mass is 16.6. The molecule has 0 saturated carbocycles. The number of carbonyl (C=O) groups excluding carboxylic acids is 1. The van der Waals surface area contributed by atoms with Crippen LogP contribution >= 0.6 is 0 Å². The summed E-state index contributed by atoms with van der Waals surface area (Å²) in [4.78, 5) is 10.9. The van der Waals surface area contributed by atoms with E-state index in [1.807, 2.05) is 13.8 Å². The van der Waals surface area contributed by atoms with Crippen LogP contribution in [0.5, 0.6) is 17.2 Å². The van der Waals surface area contributed by atoms with Crippen LogP contribution in [0.2, 0.25) is 0 Å². The highest BCUT2D eigenvalue weighted by Crippen LogP contribution is 2.36. The Kier molecular flexibility index (Phi) is 4.64. The van der Waals surface area contributed by atoms with Gasteiger partial charge in [-0.05, 0) is 26.0 Å². The van der Waals surface area contributed by atoms with Crippen LogP contribution in [-0.2, 0) is 4.79 Å². The van der Waals surface area contributed by atoms with Gasteiger partial charge in [-0.3, -0.25) is 4.79 Å². The second-order valence-electron chi connectivity index (χ2n) is 2.96. The van der Waals surface area contributed by atoms with Crippen molar-refractivity contribution in [3.8, 4) is 17.2 Å². The van der Waals surface area contributed by atoms with Crippen molar-refractivity contribution in [3.63, 3.8) is 0 Å². The average Bonchev–Trinajstić information content (AvgIpc) is 2.22. The predicted molar refractivity (Wildman–Crippen MR) is 58.9 cm³/mol. The highest BCUT2D eigenvalue weighted by Gasteiger charge is 2.13. The van der Waals surface area contributed by atoms with E-state index in [2.05, 4.69) is 6.07 Å². The van der Waals surface area contributed by atoms with Crippen molar-refractivity contribution in [1.82, 2.24) is 0 Å². The second-order valence-corrected chi connectivity index (χ2v) is 2.96. The fourth-order valence-corrected chi connectivity index (χ4v) is 1.21. The number of carbonyl (C=O) groups is 1. The van der Waals surface area contributed by atoms with E-state index in [4.69, 9.17) is 14.2 Å². The van der Waals surface area contributed by atoms with Crippen molar-refractivity contribution in [3.05, 3.63) is 18.2 Å². The number of ether oxygens (including phenoxy) is 3. The van der Waals surface area contributed by atoms with E-state index in [9.17, 15) is 4.79 Å². The lowest BCUT2D eigenvalue weighted by molar-refractivity contribution is -0.132. The molecule has 0 unspecified atom stereocenters. The maximum absolute atomic E-state index is 10.9. The molecule has 0 aliphatic heterocycles. The van der Waals surface area contributed by atoms with Gasteiger partial charge in [0.25, 0.3) is 0 Å². The van der Waals surface area contributed by atoms with Gasteiger partial charge in [-0.25, -0.2) is 0 Å². The van der Waals surface area contributed by atoms with Gasteiger partial charge in [0.05, 0.1) is 13.2 Å². The van der Waals surface area contributed by atoms with Crippen LogP contribution in [0, 0.1) is 6.07 Å². The standard InChI is InChI=1S/C12H15O4/c1-4-14-10-7-6-8-11(16-9(3)13)12(10)15-5-2/h6,8H,4-5H2,1-3H3. The summed E-state index contributed by atoms with van der Waals surface area (Å²) in [7, 11) is 0. The van der Waals surface area contributed by atoms with E-state index in [1.165, 1.54) is 6.92 Å². The first-order valence-electron chi connectivity index (χ1n) is 5.17. The largest absolute Gasteiger partial charge is 0.489 e. The minimum atomic E-state index is -0.394. The molecular formula is C12H15O4. The number of rotatable bonds is 5.